The average molecular weight is 345 g/mol. The van der Waals surface area contributed by atoms with Crippen LogP contribution in [-0.2, 0) is 16.0 Å². The highest BCUT2D eigenvalue weighted by Crippen LogP contribution is 2.27. The number of benzene rings is 1. The summed E-state index contributed by atoms with van der Waals surface area (Å²) in [5.74, 6) is 0.324. The lowest BCUT2D eigenvalue weighted by Gasteiger charge is -2.34. The molecule has 0 spiro atoms. The second kappa shape index (κ2) is 8.45. The number of anilines is 1. The summed E-state index contributed by atoms with van der Waals surface area (Å²) in [7, 11) is 0. The number of hydrogen-bond acceptors (Lipinski definition) is 4. The molecule has 1 aromatic carbocycles. The second-order valence-corrected chi connectivity index (χ2v) is 6.72. The standard InChI is InChI=1S/C19H27N3O3/c23-15-14-20-10-12-21(13-11-20)18(24)6-3-9-22-17-5-2-1-4-16(17)7-8-19(22)25/h1-2,4-5,23H,3,6-15H2. The maximum atomic E-state index is 12.4. The monoisotopic (exact) mass is 345 g/mol. The molecule has 3 rings (SSSR count). The minimum absolute atomic E-state index is 0.156. The summed E-state index contributed by atoms with van der Waals surface area (Å²) in [5, 5.41) is 8.97. The third kappa shape index (κ3) is 4.38. The Labute approximate surface area is 149 Å². The third-order valence-electron chi connectivity index (χ3n) is 5.11. The second-order valence-electron chi connectivity index (χ2n) is 6.72. The highest BCUT2D eigenvalue weighted by molar-refractivity contribution is 5.96. The minimum atomic E-state index is 0.156. The Balaban J connectivity index is 1.47. The van der Waals surface area contributed by atoms with Gasteiger partial charge in [-0.1, -0.05) is 18.2 Å². The van der Waals surface area contributed by atoms with E-state index in [1.165, 1.54) is 5.56 Å². The van der Waals surface area contributed by atoms with E-state index in [-0.39, 0.29) is 18.4 Å². The highest BCUT2D eigenvalue weighted by Gasteiger charge is 2.24. The van der Waals surface area contributed by atoms with Gasteiger partial charge in [-0.05, 0) is 24.5 Å². The van der Waals surface area contributed by atoms with E-state index in [2.05, 4.69) is 11.0 Å². The average Bonchev–Trinajstić information content (AvgIpc) is 2.64. The normalized spacial score (nSPS) is 18.4. The number of hydrogen-bond donors (Lipinski definition) is 1. The van der Waals surface area contributed by atoms with Crippen molar-refractivity contribution in [1.29, 1.82) is 0 Å². The smallest absolute Gasteiger partial charge is 0.227 e. The van der Waals surface area contributed by atoms with Crippen molar-refractivity contribution >= 4 is 17.5 Å². The minimum Gasteiger partial charge on any atom is -0.395 e. The molecule has 25 heavy (non-hydrogen) atoms. The Morgan fingerprint density at radius 2 is 1.80 bits per heavy atom. The van der Waals surface area contributed by atoms with Crippen LogP contribution in [0.2, 0.25) is 0 Å². The molecule has 0 bridgehead atoms. The van der Waals surface area contributed by atoms with Crippen molar-refractivity contribution < 1.29 is 14.7 Å². The van der Waals surface area contributed by atoms with Gasteiger partial charge >= 0.3 is 0 Å². The van der Waals surface area contributed by atoms with Crippen molar-refractivity contribution in [2.45, 2.75) is 25.7 Å². The molecule has 1 N–H and O–H groups in total. The fourth-order valence-corrected chi connectivity index (χ4v) is 3.65. The first-order valence-corrected chi connectivity index (χ1v) is 9.18. The summed E-state index contributed by atoms with van der Waals surface area (Å²) in [6.45, 7) is 4.55. The first-order chi connectivity index (χ1) is 12.2. The van der Waals surface area contributed by atoms with Gasteiger partial charge in [0.1, 0.15) is 0 Å². The SMILES string of the molecule is O=C(CCCN1C(=O)CCc2ccccc21)N1CCN(CCO)CC1. The molecule has 0 saturated carbocycles. The van der Waals surface area contributed by atoms with Gasteiger partial charge in [0.15, 0.2) is 0 Å². The van der Waals surface area contributed by atoms with Crippen molar-refractivity contribution in [2.75, 3.05) is 50.8 Å². The van der Waals surface area contributed by atoms with Crippen molar-refractivity contribution in [3.63, 3.8) is 0 Å². The van der Waals surface area contributed by atoms with E-state index >= 15 is 0 Å². The van der Waals surface area contributed by atoms with Gasteiger partial charge in [0.2, 0.25) is 11.8 Å². The molecule has 0 aliphatic carbocycles. The number of aliphatic hydroxyl groups is 1. The maximum absolute atomic E-state index is 12.4. The number of rotatable bonds is 6. The molecule has 2 aliphatic rings. The van der Waals surface area contributed by atoms with Crippen molar-refractivity contribution in [1.82, 2.24) is 9.80 Å². The van der Waals surface area contributed by atoms with Crippen LogP contribution in [0.4, 0.5) is 5.69 Å². The Morgan fingerprint density at radius 1 is 1.04 bits per heavy atom. The summed E-state index contributed by atoms with van der Waals surface area (Å²) in [4.78, 5) is 30.5. The summed E-state index contributed by atoms with van der Waals surface area (Å²) in [5.41, 5.74) is 2.22. The first kappa shape index (κ1) is 17.9. The number of aliphatic hydroxyl groups excluding tert-OH is 1. The van der Waals surface area contributed by atoms with Crippen LogP contribution in [0.3, 0.4) is 0 Å². The molecule has 6 heteroatoms. The highest BCUT2D eigenvalue weighted by atomic mass is 16.3. The molecule has 2 amide bonds. The van der Waals surface area contributed by atoms with Crippen LogP contribution in [0.25, 0.3) is 0 Å². The number of amides is 2. The maximum Gasteiger partial charge on any atom is 0.227 e. The summed E-state index contributed by atoms with van der Waals surface area (Å²) in [6.07, 6.45) is 2.53. The van der Waals surface area contributed by atoms with Crippen LogP contribution in [0, 0.1) is 0 Å². The summed E-state index contributed by atoms with van der Waals surface area (Å²) < 4.78 is 0. The van der Waals surface area contributed by atoms with Crippen LogP contribution in [-0.4, -0.2) is 72.6 Å². The van der Waals surface area contributed by atoms with E-state index in [1.54, 1.807) is 0 Å². The number of fused-ring (bicyclic) bond motifs is 1. The van der Waals surface area contributed by atoms with Gasteiger partial charge in [0.05, 0.1) is 6.61 Å². The van der Waals surface area contributed by atoms with Gasteiger partial charge in [-0.15, -0.1) is 0 Å². The van der Waals surface area contributed by atoms with Gasteiger partial charge in [-0.2, -0.15) is 0 Å². The van der Waals surface area contributed by atoms with Crippen LogP contribution in [0.15, 0.2) is 24.3 Å². The Bertz CT molecular complexity index is 612. The van der Waals surface area contributed by atoms with Gasteiger partial charge in [-0.3, -0.25) is 14.5 Å². The van der Waals surface area contributed by atoms with E-state index in [9.17, 15) is 9.59 Å². The lowest BCUT2D eigenvalue weighted by atomic mass is 10.0. The van der Waals surface area contributed by atoms with Gasteiger partial charge < -0.3 is 14.9 Å². The lowest BCUT2D eigenvalue weighted by Crippen LogP contribution is -2.49. The number of para-hydroxylation sites is 1. The zero-order valence-electron chi connectivity index (χ0n) is 14.7. The molecule has 136 valence electrons. The van der Waals surface area contributed by atoms with E-state index < -0.39 is 0 Å². The molecule has 1 saturated heterocycles. The van der Waals surface area contributed by atoms with Gasteiger partial charge in [-0.25, -0.2) is 0 Å². The Morgan fingerprint density at radius 3 is 2.56 bits per heavy atom. The fourth-order valence-electron chi connectivity index (χ4n) is 3.65. The molecule has 0 radical (unpaired) electrons. The predicted molar refractivity (Wildman–Crippen MR) is 96.5 cm³/mol. The van der Waals surface area contributed by atoms with Crippen molar-refractivity contribution in [3.05, 3.63) is 29.8 Å². The summed E-state index contributed by atoms with van der Waals surface area (Å²) >= 11 is 0. The summed E-state index contributed by atoms with van der Waals surface area (Å²) in [6, 6.07) is 8.04. The van der Waals surface area contributed by atoms with Crippen LogP contribution < -0.4 is 4.90 Å². The largest absolute Gasteiger partial charge is 0.395 e. The molecule has 0 atom stereocenters. The topological polar surface area (TPSA) is 64.1 Å². The number of carbonyl (C=O) groups excluding carboxylic acids is 2. The lowest BCUT2D eigenvalue weighted by molar-refractivity contribution is -0.133. The van der Waals surface area contributed by atoms with Gasteiger partial charge in [0.25, 0.3) is 0 Å². The number of piperazine rings is 1. The number of nitrogens with zero attached hydrogens (tertiary/aromatic N) is 3. The van der Waals surface area contributed by atoms with Gasteiger partial charge in [0, 0.05) is 57.8 Å². The van der Waals surface area contributed by atoms with Crippen LogP contribution >= 0.6 is 0 Å². The predicted octanol–water partition coefficient (Wildman–Crippen LogP) is 0.882. The Hall–Kier alpha value is -1.92. The zero-order valence-corrected chi connectivity index (χ0v) is 14.7. The van der Waals surface area contributed by atoms with E-state index in [4.69, 9.17) is 5.11 Å². The number of carbonyl (C=O) groups is 2. The quantitative estimate of drug-likeness (QED) is 0.831. The molecule has 6 nitrogen and oxygen atoms in total. The third-order valence-corrected chi connectivity index (χ3v) is 5.11. The molecule has 2 aliphatic heterocycles. The first-order valence-electron chi connectivity index (χ1n) is 9.18. The van der Waals surface area contributed by atoms with Crippen molar-refractivity contribution in [2.24, 2.45) is 0 Å². The molecule has 2 heterocycles. The van der Waals surface area contributed by atoms with E-state index in [0.717, 1.165) is 38.3 Å². The molecule has 1 aromatic rings. The molecular formula is C19H27N3O3. The molecule has 0 unspecified atom stereocenters. The number of β-amino-alcohol motifs (C(OH)–C–C–N with tert-alkyl or cyclic N) is 1. The zero-order chi connectivity index (χ0) is 17.6. The molecule has 0 aromatic heterocycles. The molecular weight excluding hydrogens is 318 g/mol. The molecule has 1 fully saturated rings. The van der Waals surface area contributed by atoms with Crippen LogP contribution in [0.5, 0.6) is 0 Å². The van der Waals surface area contributed by atoms with E-state index in [1.807, 2.05) is 28.0 Å². The fraction of sp³-hybridized carbons (Fsp3) is 0.579. The van der Waals surface area contributed by atoms with E-state index in [0.29, 0.717) is 32.4 Å². The number of aryl methyl sites for hydroxylation is 1. The Kier molecular flexibility index (Phi) is 6.04. The van der Waals surface area contributed by atoms with Crippen LogP contribution in [0.1, 0.15) is 24.8 Å². The van der Waals surface area contributed by atoms with Crippen molar-refractivity contribution in [3.8, 4) is 0 Å².